The fourth-order valence-electron chi connectivity index (χ4n) is 0.758. The van der Waals surface area contributed by atoms with Crippen molar-refractivity contribution >= 4 is 17.6 Å². The predicted molar refractivity (Wildman–Crippen MR) is 46.7 cm³/mol. The Kier molecular flexibility index (Phi) is 2.76. The van der Waals surface area contributed by atoms with Crippen LogP contribution in [-0.4, -0.2) is 12.3 Å². The van der Waals surface area contributed by atoms with E-state index in [1.165, 1.54) is 0 Å². The topological polar surface area (TPSA) is 49.5 Å². The molecule has 60 valence electrons. The number of nitrogens with two attached hydrogens (primary N) is 1. The van der Waals surface area contributed by atoms with Crippen LogP contribution in [-0.2, 0) is 0 Å². The lowest BCUT2D eigenvalue weighted by Crippen LogP contribution is -2.09. The number of hydrogen-bond donors (Lipinski definition) is 2. The molecule has 1 rings (SSSR count). The summed E-state index contributed by atoms with van der Waals surface area (Å²) in [6, 6.07) is 7.35. The maximum Gasteiger partial charge on any atom is 0.0642 e. The van der Waals surface area contributed by atoms with Crippen LogP contribution in [0.25, 0.3) is 0 Å². The Morgan fingerprint density at radius 1 is 1.55 bits per heavy atom. The molecular weight excluding hydrogens is 160 g/mol. The van der Waals surface area contributed by atoms with Gasteiger partial charge in [-0.3, -0.25) is 15.4 Å². The average molecular weight is 170 g/mol. The molecule has 0 aromatic heterocycles. The van der Waals surface area contributed by atoms with E-state index in [4.69, 9.17) is 10.3 Å². The van der Waals surface area contributed by atoms with Gasteiger partial charge in [-0.25, -0.2) is 0 Å². The van der Waals surface area contributed by atoms with Crippen LogP contribution >= 0.6 is 11.9 Å². The zero-order chi connectivity index (χ0) is 8.27. The Labute approximate surface area is 69.9 Å². The quantitative estimate of drug-likeness (QED) is 0.521. The van der Waals surface area contributed by atoms with Gasteiger partial charge in [-0.2, -0.15) is 0 Å². The van der Waals surface area contributed by atoms with Crippen molar-refractivity contribution in [2.45, 2.75) is 4.90 Å². The highest BCUT2D eigenvalue weighted by Crippen LogP contribution is 2.18. The van der Waals surface area contributed by atoms with Crippen LogP contribution in [0.1, 0.15) is 0 Å². The molecule has 1 aromatic carbocycles. The van der Waals surface area contributed by atoms with Crippen molar-refractivity contribution in [3.63, 3.8) is 0 Å². The SMILES string of the molecule is CN(O)c1cccc(SN)c1. The third-order valence-corrected chi connectivity index (χ3v) is 1.85. The molecule has 0 unspecified atom stereocenters. The summed E-state index contributed by atoms with van der Waals surface area (Å²) in [7, 11) is 1.57. The molecule has 0 aliphatic carbocycles. The minimum absolute atomic E-state index is 0.737. The fraction of sp³-hybridized carbons (Fsp3) is 0.143. The van der Waals surface area contributed by atoms with Gasteiger partial charge in [0.2, 0.25) is 0 Å². The van der Waals surface area contributed by atoms with E-state index >= 15 is 0 Å². The number of hydrogen-bond acceptors (Lipinski definition) is 4. The van der Waals surface area contributed by atoms with Gasteiger partial charge in [-0.1, -0.05) is 6.07 Å². The van der Waals surface area contributed by atoms with Gasteiger partial charge < -0.3 is 0 Å². The summed E-state index contributed by atoms with van der Waals surface area (Å²) in [6.07, 6.45) is 0. The first-order valence-corrected chi connectivity index (χ1v) is 4.01. The molecule has 0 radical (unpaired) electrons. The lowest BCUT2D eigenvalue weighted by atomic mass is 10.3. The van der Waals surface area contributed by atoms with Crippen LogP contribution in [0.2, 0.25) is 0 Å². The normalized spacial score (nSPS) is 9.73. The molecule has 0 saturated carbocycles. The summed E-state index contributed by atoms with van der Waals surface area (Å²) >= 11 is 1.16. The van der Waals surface area contributed by atoms with E-state index < -0.39 is 0 Å². The van der Waals surface area contributed by atoms with E-state index in [2.05, 4.69) is 0 Å². The molecule has 0 aliphatic rings. The maximum atomic E-state index is 9.03. The summed E-state index contributed by atoms with van der Waals surface area (Å²) in [4.78, 5) is 0.934. The second kappa shape index (κ2) is 3.61. The molecule has 0 spiro atoms. The molecule has 0 aliphatic heterocycles. The van der Waals surface area contributed by atoms with Gasteiger partial charge in [0.1, 0.15) is 0 Å². The Morgan fingerprint density at radius 2 is 2.27 bits per heavy atom. The monoisotopic (exact) mass is 170 g/mol. The summed E-state index contributed by atoms with van der Waals surface area (Å²) in [6.45, 7) is 0. The second-order valence-electron chi connectivity index (χ2n) is 2.14. The molecule has 3 nitrogen and oxygen atoms in total. The molecule has 0 saturated heterocycles. The molecule has 1 aromatic rings. The second-order valence-corrected chi connectivity index (χ2v) is 2.85. The molecule has 0 atom stereocenters. The Bertz CT molecular complexity index is 240. The van der Waals surface area contributed by atoms with Gasteiger partial charge >= 0.3 is 0 Å². The average Bonchev–Trinajstić information content (AvgIpc) is 2.05. The van der Waals surface area contributed by atoms with Crippen LogP contribution in [0.15, 0.2) is 29.2 Å². The van der Waals surface area contributed by atoms with E-state index in [1.54, 1.807) is 13.1 Å². The third-order valence-electron chi connectivity index (χ3n) is 1.33. The third kappa shape index (κ3) is 2.11. The van der Waals surface area contributed by atoms with E-state index in [0.717, 1.165) is 27.6 Å². The molecular formula is C7H10N2OS. The molecule has 0 heterocycles. The Balaban J connectivity index is 2.91. The molecule has 0 amide bonds. The molecule has 0 bridgehead atoms. The van der Waals surface area contributed by atoms with Crippen LogP contribution in [0, 0.1) is 0 Å². The summed E-state index contributed by atoms with van der Waals surface area (Å²) in [5, 5.41) is 15.4. The van der Waals surface area contributed by atoms with E-state index in [-0.39, 0.29) is 0 Å². The number of benzene rings is 1. The van der Waals surface area contributed by atoms with Crippen LogP contribution in [0.3, 0.4) is 0 Å². The highest BCUT2D eigenvalue weighted by Gasteiger charge is 1.96. The predicted octanol–water partition coefficient (Wildman–Crippen LogP) is 1.48. The van der Waals surface area contributed by atoms with E-state index in [9.17, 15) is 0 Å². The van der Waals surface area contributed by atoms with Gasteiger partial charge in [0.05, 0.1) is 5.69 Å². The van der Waals surface area contributed by atoms with Gasteiger partial charge in [0.25, 0.3) is 0 Å². The number of anilines is 1. The Hall–Kier alpha value is -0.710. The van der Waals surface area contributed by atoms with Crippen molar-refractivity contribution in [3.05, 3.63) is 24.3 Å². The highest BCUT2D eigenvalue weighted by atomic mass is 32.2. The van der Waals surface area contributed by atoms with Crippen molar-refractivity contribution in [1.82, 2.24) is 0 Å². The maximum absolute atomic E-state index is 9.03. The zero-order valence-corrected chi connectivity index (χ0v) is 7.01. The smallest absolute Gasteiger partial charge is 0.0642 e. The van der Waals surface area contributed by atoms with Crippen molar-refractivity contribution in [3.8, 4) is 0 Å². The van der Waals surface area contributed by atoms with Crippen molar-refractivity contribution in [1.29, 1.82) is 0 Å². The highest BCUT2D eigenvalue weighted by molar-refractivity contribution is 7.97. The minimum Gasteiger partial charge on any atom is -0.289 e. The lowest BCUT2D eigenvalue weighted by molar-refractivity contribution is 0.279. The zero-order valence-electron chi connectivity index (χ0n) is 6.19. The number of nitrogens with zero attached hydrogens (tertiary/aromatic N) is 1. The summed E-state index contributed by atoms with van der Waals surface area (Å²) in [5.41, 5.74) is 0.737. The van der Waals surface area contributed by atoms with Gasteiger partial charge in [0, 0.05) is 11.9 Å². The van der Waals surface area contributed by atoms with Crippen LogP contribution in [0.4, 0.5) is 5.69 Å². The number of rotatable bonds is 2. The fourth-order valence-corrected chi connectivity index (χ4v) is 1.10. The van der Waals surface area contributed by atoms with E-state index in [0.29, 0.717) is 0 Å². The van der Waals surface area contributed by atoms with E-state index in [1.807, 2.05) is 18.2 Å². The molecule has 11 heavy (non-hydrogen) atoms. The first-order valence-electron chi connectivity index (χ1n) is 3.13. The largest absolute Gasteiger partial charge is 0.289 e. The molecule has 4 heteroatoms. The van der Waals surface area contributed by atoms with Crippen LogP contribution < -0.4 is 10.2 Å². The van der Waals surface area contributed by atoms with Gasteiger partial charge in [-0.05, 0) is 30.1 Å². The lowest BCUT2D eigenvalue weighted by Gasteiger charge is -2.10. The first-order chi connectivity index (χ1) is 5.24. The summed E-state index contributed by atoms with van der Waals surface area (Å²) < 4.78 is 0. The van der Waals surface area contributed by atoms with Crippen molar-refractivity contribution in [2.75, 3.05) is 12.1 Å². The summed E-state index contributed by atoms with van der Waals surface area (Å²) in [5.74, 6) is 0. The first kappa shape index (κ1) is 8.39. The van der Waals surface area contributed by atoms with Crippen LogP contribution in [0.5, 0.6) is 0 Å². The Morgan fingerprint density at radius 3 is 2.82 bits per heavy atom. The minimum atomic E-state index is 0.737. The molecule has 0 fully saturated rings. The molecule has 3 N–H and O–H groups in total. The van der Waals surface area contributed by atoms with Crippen molar-refractivity contribution < 1.29 is 5.21 Å². The standard InChI is InChI=1S/C7H10N2OS/c1-9(10)6-3-2-4-7(5-6)11-8/h2-5,10H,8H2,1H3. The van der Waals surface area contributed by atoms with Crippen molar-refractivity contribution in [2.24, 2.45) is 5.14 Å². The van der Waals surface area contributed by atoms with Gasteiger partial charge in [0.15, 0.2) is 0 Å². The van der Waals surface area contributed by atoms with Gasteiger partial charge in [-0.15, -0.1) is 0 Å². The number of hydroxylamine groups is 1.